The Labute approximate surface area is 161 Å². The molecule has 3 heterocycles. The van der Waals surface area contributed by atoms with E-state index in [1.807, 2.05) is 18.2 Å². The van der Waals surface area contributed by atoms with Crippen LogP contribution in [0.3, 0.4) is 0 Å². The van der Waals surface area contributed by atoms with Gasteiger partial charge in [0.2, 0.25) is 5.13 Å². The van der Waals surface area contributed by atoms with Crippen LogP contribution in [0, 0.1) is 0 Å². The van der Waals surface area contributed by atoms with Crippen LogP contribution in [0.2, 0.25) is 0 Å². The average molecular weight is 380 g/mol. The predicted molar refractivity (Wildman–Crippen MR) is 104 cm³/mol. The molecule has 0 aliphatic carbocycles. The third-order valence-corrected chi connectivity index (χ3v) is 5.66. The fraction of sp³-hybridized carbons (Fsp3) is 0.316. The summed E-state index contributed by atoms with van der Waals surface area (Å²) in [5.74, 6) is 0.188. The van der Waals surface area contributed by atoms with Crippen molar-refractivity contribution in [2.45, 2.75) is 32.2 Å². The zero-order valence-electron chi connectivity index (χ0n) is 15.0. The zero-order valence-corrected chi connectivity index (χ0v) is 15.8. The van der Waals surface area contributed by atoms with Crippen molar-refractivity contribution in [1.29, 1.82) is 0 Å². The Kier molecular flexibility index (Phi) is 5.06. The van der Waals surface area contributed by atoms with Gasteiger partial charge in [0.1, 0.15) is 11.3 Å². The van der Waals surface area contributed by atoms with Crippen molar-refractivity contribution in [1.82, 2.24) is 25.1 Å². The van der Waals surface area contributed by atoms with E-state index in [2.05, 4.69) is 44.5 Å². The lowest BCUT2D eigenvalue weighted by Gasteiger charge is -2.27. The SMILES string of the molecule is CCC(c1ccccc1)c1nnc(NC(=O)N2CCc3ncncc3C2)s1. The average Bonchev–Trinajstić information content (AvgIpc) is 3.17. The smallest absolute Gasteiger partial charge is 0.320 e. The van der Waals surface area contributed by atoms with Gasteiger partial charge in [-0.3, -0.25) is 5.32 Å². The fourth-order valence-electron chi connectivity index (χ4n) is 3.27. The molecule has 2 aromatic heterocycles. The van der Waals surface area contributed by atoms with Crippen molar-refractivity contribution in [3.8, 4) is 0 Å². The molecule has 1 aliphatic heterocycles. The Morgan fingerprint density at radius 1 is 1.30 bits per heavy atom. The van der Waals surface area contributed by atoms with Crippen LogP contribution < -0.4 is 5.32 Å². The predicted octanol–water partition coefficient (Wildman–Crippen LogP) is 3.46. The second-order valence-corrected chi connectivity index (χ2v) is 7.42. The minimum absolute atomic E-state index is 0.167. The maximum Gasteiger partial charge on any atom is 0.324 e. The van der Waals surface area contributed by atoms with Gasteiger partial charge in [-0.15, -0.1) is 10.2 Å². The molecule has 7 nitrogen and oxygen atoms in total. The largest absolute Gasteiger partial charge is 0.324 e. The Bertz CT molecular complexity index is 929. The summed E-state index contributed by atoms with van der Waals surface area (Å²) in [5.41, 5.74) is 3.22. The van der Waals surface area contributed by atoms with Crippen molar-refractivity contribution in [3.63, 3.8) is 0 Å². The third kappa shape index (κ3) is 3.80. The maximum absolute atomic E-state index is 12.6. The summed E-state index contributed by atoms with van der Waals surface area (Å²) in [6.45, 7) is 3.27. The van der Waals surface area contributed by atoms with Gasteiger partial charge in [0.05, 0.1) is 12.2 Å². The van der Waals surface area contributed by atoms with Gasteiger partial charge in [-0.1, -0.05) is 48.6 Å². The molecule has 1 aromatic carbocycles. The molecule has 138 valence electrons. The van der Waals surface area contributed by atoms with E-state index in [0.717, 1.165) is 29.1 Å². The van der Waals surface area contributed by atoms with E-state index in [9.17, 15) is 4.79 Å². The normalized spacial score (nSPS) is 14.5. The number of carbonyl (C=O) groups is 1. The molecule has 2 amide bonds. The van der Waals surface area contributed by atoms with E-state index in [1.165, 1.54) is 16.9 Å². The Morgan fingerprint density at radius 2 is 2.15 bits per heavy atom. The molecule has 27 heavy (non-hydrogen) atoms. The van der Waals surface area contributed by atoms with E-state index in [1.54, 1.807) is 17.4 Å². The quantitative estimate of drug-likeness (QED) is 0.749. The van der Waals surface area contributed by atoms with Crippen LogP contribution in [0.25, 0.3) is 0 Å². The summed E-state index contributed by atoms with van der Waals surface area (Å²) in [7, 11) is 0. The summed E-state index contributed by atoms with van der Waals surface area (Å²) >= 11 is 1.43. The highest BCUT2D eigenvalue weighted by Gasteiger charge is 2.23. The van der Waals surface area contributed by atoms with Gasteiger partial charge >= 0.3 is 6.03 Å². The summed E-state index contributed by atoms with van der Waals surface area (Å²) in [4.78, 5) is 22.7. The third-order valence-electron chi connectivity index (χ3n) is 4.71. The summed E-state index contributed by atoms with van der Waals surface area (Å²) in [6, 6.07) is 10.1. The van der Waals surface area contributed by atoms with Gasteiger partial charge in [-0.05, 0) is 12.0 Å². The number of nitrogens with zero attached hydrogens (tertiary/aromatic N) is 5. The van der Waals surface area contributed by atoms with Gasteiger partial charge in [0.15, 0.2) is 0 Å². The van der Waals surface area contributed by atoms with Gasteiger partial charge in [-0.25, -0.2) is 14.8 Å². The van der Waals surface area contributed by atoms with Crippen LogP contribution in [-0.2, 0) is 13.0 Å². The highest BCUT2D eigenvalue weighted by Crippen LogP contribution is 2.31. The molecule has 0 fully saturated rings. The fourth-order valence-corrected chi connectivity index (χ4v) is 4.22. The molecular formula is C19H20N6OS. The summed E-state index contributed by atoms with van der Waals surface area (Å²) in [6.07, 6.45) is 4.98. The highest BCUT2D eigenvalue weighted by atomic mass is 32.1. The van der Waals surface area contributed by atoms with Gasteiger partial charge < -0.3 is 4.90 Å². The van der Waals surface area contributed by atoms with Gasteiger partial charge in [0, 0.05) is 30.6 Å². The van der Waals surface area contributed by atoms with Gasteiger partial charge in [-0.2, -0.15) is 0 Å². The number of hydrogen-bond donors (Lipinski definition) is 1. The van der Waals surface area contributed by atoms with E-state index in [0.29, 0.717) is 18.2 Å². The van der Waals surface area contributed by atoms with Gasteiger partial charge in [0.25, 0.3) is 0 Å². The molecule has 4 rings (SSSR count). The van der Waals surface area contributed by atoms with Crippen LogP contribution >= 0.6 is 11.3 Å². The maximum atomic E-state index is 12.6. The first-order valence-electron chi connectivity index (χ1n) is 8.96. The minimum Gasteiger partial charge on any atom is -0.320 e. The molecule has 1 aliphatic rings. The molecule has 3 aromatic rings. The molecule has 8 heteroatoms. The first kappa shape index (κ1) is 17.5. The zero-order chi connectivity index (χ0) is 18.6. The lowest BCUT2D eigenvalue weighted by atomic mass is 9.97. The molecule has 0 saturated carbocycles. The van der Waals surface area contributed by atoms with Crippen LogP contribution in [0.5, 0.6) is 0 Å². The van der Waals surface area contributed by atoms with E-state index in [-0.39, 0.29) is 11.9 Å². The molecule has 1 unspecified atom stereocenters. The van der Waals surface area contributed by atoms with Crippen LogP contribution in [0.1, 0.15) is 41.1 Å². The van der Waals surface area contributed by atoms with Crippen molar-refractivity contribution < 1.29 is 4.79 Å². The molecule has 0 spiro atoms. The van der Waals surface area contributed by atoms with Crippen molar-refractivity contribution in [2.24, 2.45) is 0 Å². The number of amides is 2. The molecule has 1 N–H and O–H groups in total. The van der Waals surface area contributed by atoms with Crippen LogP contribution in [0.4, 0.5) is 9.93 Å². The molecule has 0 radical (unpaired) electrons. The Balaban J connectivity index is 1.44. The van der Waals surface area contributed by atoms with E-state index < -0.39 is 0 Å². The van der Waals surface area contributed by atoms with E-state index in [4.69, 9.17) is 0 Å². The Morgan fingerprint density at radius 3 is 2.96 bits per heavy atom. The monoisotopic (exact) mass is 380 g/mol. The second kappa shape index (κ2) is 7.79. The molecule has 1 atom stereocenters. The second-order valence-electron chi connectivity index (χ2n) is 6.41. The number of urea groups is 1. The molecule has 0 bridgehead atoms. The lowest BCUT2D eigenvalue weighted by molar-refractivity contribution is 0.205. The number of benzene rings is 1. The number of rotatable bonds is 4. The molecule has 0 saturated heterocycles. The standard InChI is InChI=1S/C19H20N6OS/c1-2-15(13-6-4-3-5-7-13)17-23-24-18(27-17)22-19(26)25-9-8-16-14(11-25)10-20-12-21-16/h3-7,10,12,15H,2,8-9,11H2,1H3,(H,22,24,26). The summed E-state index contributed by atoms with van der Waals surface area (Å²) < 4.78 is 0. The first-order valence-corrected chi connectivity index (χ1v) is 9.78. The number of anilines is 1. The van der Waals surface area contributed by atoms with Crippen molar-refractivity contribution >= 4 is 22.5 Å². The highest BCUT2D eigenvalue weighted by molar-refractivity contribution is 7.15. The number of hydrogen-bond acceptors (Lipinski definition) is 6. The van der Waals surface area contributed by atoms with Crippen molar-refractivity contribution in [3.05, 3.63) is 64.7 Å². The van der Waals surface area contributed by atoms with E-state index >= 15 is 0 Å². The topological polar surface area (TPSA) is 83.9 Å². The molecular weight excluding hydrogens is 360 g/mol. The Hall–Kier alpha value is -2.87. The minimum atomic E-state index is -0.167. The first-order chi connectivity index (χ1) is 13.2. The lowest BCUT2D eigenvalue weighted by Crippen LogP contribution is -2.39. The number of carbonyl (C=O) groups excluding carboxylic acids is 1. The number of nitrogens with one attached hydrogen (secondary N) is 1. The van der Waals surface area contributed by atoms with Crippen LogP contribution in [-0.4, -0.2) is 37.6 Å². The van der Waals surface area contributed by atoms with Crippen LogP contribution in [0.15, 0.2) is 42.9 Å². The summed E-state index contributed by atoms with van der Waals surface area (Å²) in [5, 5.41) is 12.8. The number of aromatic nitrogens is 4. The van der Waals surface area contributed by atoms with Crippen molar-refractivity contribution in [2.75, 3.05) is 11.9 Å². The number of fused-ring (bicyclic) bond motifs is 1.